The van der Waals surface area contributed by atoms with Gasteiger partial charge in [-0.3, -0.25) is 9.97 Å². The second-order valence-electron chi connectivity index (χ2n) is 9.74. The summed E-state index contributed by atoms with van der Waals surface area (Å²) >= 11 is 0. The van der Waals surface area contributed by atoms with Crippen molar-refractivity contribution in [3.63, 3.8) is 0 Å². The Hall–Kier alpha value is -3.52. The van der Waals surface area contributed by atoms with Gasteiger partial charge in [0, 0.05) is 47.9 Å². The van der Waals surface area contributed by atoms with Crippen LogP contribution in [0.5, 0.6) is 5.88 Å². The molecule has 1 unspecified atom stereocenters. The lowest BCUT2D eigenvalue weighted by atomic mass is 10.0. The summed E-state index contributed by atoms with van der Waals surface area (Å²) < 4.78 is 6.10. The number of piperidine rings is 2. The number of fused-ring (bicyclic) bond motifs is 1. The molecule has 180 valence electrons. The van der Waals surface area contributed by atoms with E-state index in [0.29, 0.717) is 11.8 Å². The maximum atomic E-state index is 6.10. The van der Waals surface area contributed by atoms with E-state index in [0.717, 1.165) is 78.3 Å². The Morgan fingerprint density at radius 1 is 1.03 bits per heavy atom. The molecule has 2 N–H and O–H groups in total. The van der Waals surface area contributed by atoms with Crippen molar-refractivity contribution in [2.45, 2.75) is 38.7 Å². The van der Waals surface area contributed by atoms with E-state index >= 15 is 0 Å². The summed E-state index contributed by atoms with van der Waals surface area (Å²) in [6.07, 6.45) is 14.0. The molecule has 6 rings (SSSR count). The molecule has 0 amide bonds. The highest BCUT2D eigenvalue weighted by Gasteiger charge is 2.19. The summed E-state index contributed by atoms with van der Waals surface area (Å²) in [5.74, 6) is 2.23. The number of nitrogens with zero attached hydrogens (tertiary/aromatic N) is 5. The van der Waals surface area contributed by atoms with Crippen molar-refractivity contribution in [2.24, 2.45) is 5.92 Å². The molecule has 1 aromatic carbocycles. The van der Waals surface area contributed by atoms with Crippen LogP contribution in [0.4, 0.5) is 5.82 Å². The first-order valence-corrected chi connectivity index (χ1v) is 12.6. The van der Waals surface area contributed by atoms with Crippen LogP contribution >= 0.6 is 0 Å². The summed E-state index contributed by atoms with van der Waals surface area (Å²) in [5, 5.41) is 4.45. The first-order valence-electron chi connectivity index (χ1n) is 12.6. The second-order valence-corrected chi connectivity index (χ2v) is 9.74. The van der Waals surface area contributed by atoms with E-state index in [4.69, 9.17) is 19.7 Å². The van der Waals surface area contributed by atoms with Crippen LogP contribution in [-0.4, -0.2) is 57.2 Å². The van der Waals surface area contributed by atoms with Crippen molar-refractivity contribution in [3.05, 3.63) is 49.2 Å². The highest BCUT2D eigenvalue weighted by molar-refractivity contribution is 5.96. The summed E-state index contributed by atoms with van der Waals surface area (Å²) in [6.45, 7) is 6.30. The molecular formula is C27H31N7O. The predicted molar refractivity (Wildman–Crippen MR) is 137 cm³/mol. The normalized spacial score (nSPS) is 20.8. The third-order valence-corrected chi connectivity index (χ3v) is 7.02. The van der Waals surface area contributed by atoms with Crippen LogP contribution in [0.1, 0.15) is 32.6 Å². The molecule has 2 aliphatic rings. The van der Waals surface area contributed by atoms with Gasteiger partial charge in [-0.05, 0) is 50.3 Å². The van der Waals surface area contributed by atoms with Crippen LogP contribution in [0.2, 0.25) is 0 Å². The van der Waals surface area contributed by atoms with Gasteiger partial charge in [0.05, 0.1) is 36.2 Å². The van der Waals surface area contributed by atoms with E-state index in [2.05, 4.69) is 45.3 Å². The van der Waals surface area contributed by atoms with Crippen molar-refractivity contribution in [1.82, 2.24) is 30.2 Å². The predicted octanol–water partition coefficient (Wildman–Crippen LogP) is 4.45. The van der Waals surface area contributed by atoms with E-state index in [9.17, 15) is 0 Å². The fraction of sp³-hybridized carbons (Fsp3) is 0.407. The van der Waals surface area contributed by atoms with Gasteiger partial charge in [0.25, 0.3) is 0 Å². The molecule has 3 aromatic heterocycles. The van der Waals surface area contributed by atoms with Gasteiger partial charge < -0.3 is 19.9 Å². The number of aromatic nitrogens is 5. The number of rotatable bonds is 5. The van der Waals surface area contributed by atoms with Gasteiger partial charge in [0.2, 0.25) is 5.88 Å². The average Bonchev–Trinajstić information content (AvgIpc) is 3.33. The molecule has 2 saturated heterocycles. The Morgan fingerprint density at radius 2 is 2.00 bits per heavy atom. The van der Waals surface area contributed by atoms with Crippen molar-refractivity contribution in [2.75, 3.05) is 31.1 Å². The molecule has 0 bridgehead atoms. The first-order chi connectivity index (χ1) is 17.2. The number of anilines is 1. The minimum absolute atomic E-state index is 0.137. The highest BCUT2D eigenvalue weighted by Crippen LogP contribution is 2.32. The van der Waals surface area contributed by atoms with E-state index < -0.39 is 0 Å². The molecule has 2 atom stereocenters. The minimum Gasteiger partial charge on any atom is -0.472 e. The monoisotopic (exact) mass is 469 g/mol. The zero-order valence-corrected chi connectivity index (χ0v) is 20.1. The lowest BCUT2D eigenvalue weighted by molar-refractivity contribution is 0.160. The number of hydrogen-bond acceptors (Lipinski definition) is 7. The summed E-state index contributed by atoms with van der Waals surface area (Å²) in [6, 6.07) is 6.31. The fourth-order valence-corrected chi connectivity index (χ4v) is 5.15. The molecule has 2 aliphatic heterocycles. The van der Waals surface area contributed by atoms with Crippen LogP contribution in [0, 0.1) is 5.92 Å². The maximum Gasteiger partial charge on any atom is 0.233 e. The number of ether oxygens (including phenoxy) is 1. The summed E-state index contributed by atoms with van der Waals surface area (Å²) in [5.41, 5.74) is 4.71. The van der Waals surface area contributed by atoms with Crippen molar-refractivity contribution >= 4 is 16.7 Å². The van der Waals surface area contributed by atoms with Gasteiger partial charge in [-0.2, -0.15) is 0 Å². The summed E-state index contributed by atoms with van der Waals surface area (Å²) in [7, 11) is 0. The number of H-pyrrole nitrogens is 1. The Morgan fingerprint density at radius 3 is 2.83 bits per heavy atom. The van der Waals surface area contributed by atoms with Gasteiger partial charge in [-0.15, -0.1) is 0 Å². The van der Waals surface area contributed by atoms with E-state index in [1.54, 1.807) is 12.4 Å². The van der Waals surface area contributed by atoms with Crippen LogP contribution in [0.3, 0.4) is 0 Å². The minimum atomic E-state index is 0.137. The Kier molecular flexibility index (Phi) is 6.04. The summed E-state index contributed by atoms with van der Waals surface area (Å²) in [4.78, 5) is 24.4. The fourth-order valence-electron chi connectivity index (χ4n) is 5.15. The molecule has 4 aromatic rings. The second kappa shape index (κ2) is 9.62. The third-order valence-electron chi connectivity index (χ3n) is 7.02. The van der Waals surface area contributed by atoms with Crippen molar-refractivity contribution in [3.8, 4) is 28.4 Å². The molecule has 5 heterocycles. The largest absolute Gasteiger partial charge is 0.472 e. The Balaban J connectivity index is 1.26. The quantitative estimate of drug-likeness (QED) is 0.446. The maximum absolute atomic E-state index is 6.10. The van der Waals surface area contributed by atoms with Gasteiger partial charge >= 0.3 is 0 Å². The first kappa shape index (κ1) is 22.0. The van der Waals surface area contributed by atoms with Crippen LogP contribution < -0.4 is 15.0 Å². The lowest BCUT2D eigenvalue weighted by Gasteiger charge is -2.31. The molecule has 0 radical (unpaired) electrons. The van der Waals surface area contributed by atoms with E-state index in [1.807, 2.05) is 18.6 Å². The zero-order valence-electron chi connectivity index (χ0n) is 20.1. The number of benzene rings is 1. The van der Waals surface area contributed by atoms with Gasteiger partial charge in [-0.1, -0.05) is 13.0 Å². The third kappa shape index (κ3) is 4.71. The van der Waals surface area contributed by atoms with Gasteiger partial charge in [0.15, 0.2) is 0 Å². The van der Waals surface area contributed by atoms with Gasteiger partial charge in [0.1, 0.15) is 11.9 Å². The van der Waals surface area contributed by atoms with Crippen LogP contribution in [-0.2, 0) is 0 Å². The van der Waals surface area contributed by atoms with Gasteiger partial charge in [-0.25, -0.2) is 9.97 Å². The Bertz CT molecular complexity index is 1300. The average molecular weight is 470 g/mol. The zero-order chi connectivity index (χ0) is 23.6. The lowest BCUT2D eigenvalue weighted by Crippen LogP contribution is -2.37. The molecule has 0 aliphatic carbocycles. The molecule has 8 nitrogen and oxygen atoms in total. The van der Waals surface area contributed by atoms with Crippen LogP contribution in [0.25, 0.3) is 33.4 Å². The van der Waals surface area contributed by atoms with E-state index in [1.165, 1.54) is 12.8 Å². The smallest absolute Gasteiger partial charge is 0.233 e. The topological polar surface area (TPSA) is 91.9 Å². The molecular weight excluding hydrogens is 438 g/mol. The number of hydrogen-bond donors (Lipinski definition) is 2. The van der Waals surface area contributed by atoms with E-state index in [-0.39, 0.29) is 6.10 Å². The number of aromatic amines is 1. The SMILES string of the molecule is C[C@H]1CCCN(c2cnc(-c3ccc4[nH]cc(-c5cncc(OC6CCCNC6)n5)c4c3)cn2)C1. The molecule has 0 saturated carbocycles. The molecule has 8 heteroatoms. The van der Waals surface area contributed by atoms with Crippen molar-refractivity contribution < 1.29 is 4.74 Å². The molecule has 0 spiro atoms. The van der Waals surface area contributed by atoms with Crippen molar-refractivity contribution in [1.29, 1.82) is 0 Å². The Labute approximate surface area is 205 Å². The standard InChI is InChI=1S/C27H31N7O/c1-18-4-3-9-34(17-18)26-15-31-24(14-32-26)19-6-7-23-21(10-19)22(12-30-23)25-13-29-16-27(33-25)35-20-5-2-8-28-11-20/h6-7,10,12-16,18,20,28,30H,2-5,8-9,11,17H2,1H3/t18-,20?/m0/s1. The number of nitrogens with one attached hydrogen (secondary N) is 2. The molecule has 35 heavy (non-hydrogen) atoms. The highest BCUT2D eigenvalue weighted by atomic mass is 16.5. The van der Waals surface area contributed by atoms with Crippen LogP contribution in [0.15, 0.2) is 49.2 Å². The molecule has 2 fully saturated rings.